The maximum atomic E-state index is 4.66. The monoisotopic (exact) mass is 522 g/mol. The second-order valence-electron chi connectivity index (χ2n) is 7.88. The Morgan fingerprint density at radius 2 is 0.607 bits per heavy atom. The quantitative estimate of drug-likeness (QED) is 0.411. The molecule has 4 heterocycles. The van der Waals surface area contributed by atoms with Crippen molar-refractivity contribution in [3.8, 4) is 0 Å². The first-order valence-electron chi connectivity index (χ1n) is 10.6. The minimum Gasteiger partial charge on any atom is -1.00 e. The van der Waals surface area contributed by atoms with Crippen LogP contribution < -0.4 is 24.8 Å². The number of hydrogen-bond acceptors (Lipinski definition) is 0. The summed E-state index contributed by atoms with van der Waals surface area (Å²) in [7, 11) is 0. The van der Waals surface area contributed by atoms with E-state index in [4.69, 9.17) is 0 Å². The third-order valence-electron chi connectivity index (χ3n) is 5.97. The second kappa shape index (κ2) is 18.7. The van der Waals surface area contributed by atoms with E-state index >= 15 is 0 Å². The summed E-state index contributed by atoms with van der Waals surface area (Å²) in [6.07, 6.45) is 15.9. The molecule has 4 aliphatic rings. The van der Waals surface area contributed by atoms with Crippen LogP contribution in [0, 0.1) is 0 Å². The zero-order valence-corrected chi connectivity index (χ0v) is 20.3. The van der Waals surface area contributed by atoms with Crippen LogP contribution in [-0.4, -0.2) is 55.8 Å². The van der Waals surface area contributed by atoms with Gasteiger partial charge in [0, 0.05) is 0 Å². The minimum atomic E-state index is 0. The van der Waals surface area contributed by atoms with Crippen LogP contribution in [0.1, 0.15) is 77.0 Å². The summed E-state index contributed by atoms with van der Waals surface area (Å²) >= 11 is 0. The van der Waals surface area contributed by atoms with Gasteiger partial charge in [-0.3, -0.25) is 0 Å². The van der Waals surface area contributed by atoms with Gasteiger partial charge in [-0.1, -0.05) is 77.0 Å². The molecule has 4 aliphatic heterocycles. The molecule has 0 aliphatic carbocycles. The zero-order chi connectivity index (χ0) is 16.5. The summed E-state index contributed by atoms with van der Waals surface area (Å²) in [4.78, 5) is 0. The molecule has 4 saturated heterocycles. The Morgan fingerprint density at radius 3 is 0.750 bits per heavy atom. The van der Waals surface area contributed by atoms with Crippen molar-refractivity contribution >= 4 is 0 Å². The Hall–Kier alpha value is 1.00. The molecule has 0 amide bonds. The fourth-order valence-corrected chi connectivity index (χ4v) is 4.51. The molecule has 4 unspecified atom stereocenters. The average molecular weight is 523 g/mol. The van der Waals surface area contributed by atoms with Gasteiger partial charge in [-0.05, 0) is 0 Å². The predicted octanol–water partition coefficient (Wildman–Crippen LogP) is -1.14. The van der Waals surface area contributed by atoms with Crippen molar-refractivity contribution in [1.29, 1.82) is 0 Å². The maximum absolute atomic E-state index is 4.66. The molecule has 0 aromatic carbocycles. The summed E-state index contributed by atoms with van der Waals surface area (Å²) in [6.45, 7) is 4.38. The molecule has 0 aromatic rings. The molecular weight excluding hydrogens is 484 g/mol. The van der Waals surface area contributed by atoms with E-state index in [2.05, 4.69) is 21.3 Å². The smallest absolute Gasteiger partial charge is 1.00 e. The molecular formula is C20H38Cl2N4ORu. The van der Waals surface area contributed by atoms with Gasteiger partial charge in [-0.25, -0.2) is 0 Å². The van der Waals surface area contributed by atoms with Crippen molar-refractivity contribution in [2.24, 2.45) is 0 Å². The number of nitrogens with zero attached hydrogens (tertiary/aromatic N) is 4. The first kappa shape index (κ1) is 31.2. The van der Waals surface area contributed by atoms with Crippen LogP contribution in [0.25, 0.3) is 21.3 Å². The third-order valence-corrected chi connectivity index (χ3v) is 5.97. The Bertz CT molecular complexity index is 270. The van der Waals surface area contributed by atoms with Gasteiger partial charge >= 0.3 is 19.5 Å². The van der Waals surface area contributed by atoms with E-state index in [9.17, 15) is 0 Å². The van der Waals surface area contributed by atoms with Crippen LogP contribution >= 0.6 is 0 Å². The Labute approximate surface area is 198 Å². The minimum absolute atomic E-state index is 0. The van der Waals surface area contributed by atoms with E-state index in [0.29, 0.717) is 24.2 Å². The Morgan fingerprint density at radius 1 is 0.393 bits per heavy atom. The fourth-order valence-electron chi connectivity index (χ4n) is 4.51. The van der Waals surface area contributed by atoms with Crippen molar-refractivity contribution in [3.63, 3.8) is 0 Å². The van der Waals surface area contributed by atoms with Gasteiger partial charge in [0.1, 0.15) is 0 Å². The molecule has 8 heteroatoms. The summed E-state index contributed by atoms with van der Waals surface area (Å²) in [5, 5.41) is 18.6. The molecule has 0 saturated carbocycles. The van der Waals surface area contributed by atoms with E-state index in [-0.39, 0.29) is 49.8 Å². The molecule has 4 fully saturated rings. The van der Waals surface area contributed by atoms with Crippen LogP contribution in [0.4, 0.5) is 0 Å². The molecule has 0 bridgehead atoms. The molecule has 0 aromatic heterocycles. The maximum Gasteiger partial charge on any atom is 6.00 e. The standard InChI is InChI=1S/2C10H18N2.2ClH.H2O.Ru/c2*1-3-7-11-9(5-1)10-6-2-4-8-12-10;;;;/h2*9-10H,1-8H2;2*1H;1H2;/q2*-2;;;;+6/p-2. The molecule has 5 nitrogen and oxygen atoms in total. The van der Waals surface area contributed by atoms with Crippen LogP contribution in [0.2, 0.25) is 0 Å². The van der Waals surface area contributed by atoms with Crippen molar-refractivity contribution in [2.75, 3.05) is 26.2 Å². The normalized spacial score (nSPS) is 32.6. The zero-order valence-electron chi connectivity index (χ0n) is 17.0. The van der Waals surface area contributed by atoms with Crippen molar-refractivity contribution in [2.45, 2.75) is 101 Å². The van der Waals surface area contributed by atoms with E-state index < -0.39 is 0 Å². The number of rotatable bonds is 2. The number of hydrogen-bond donors (Lipinski definition) is 0. The van der Waals surface area contributed by atoms with Crippen molar-refractivity contribution in [3.05, 3.63) is 21.3 Å². The first-order chi connectivity index (χ1) is 11.9. The molecule has 0 radical (unpaired) electrons. The van der Waals surface area contributed by atoms with Gasteiger partial charge < -0.3 is 51.6 Å². The van der Waals surface area contributed by atoms with E-state index in [1.165, 1.54) is 77.0 Å². The molecule has 4 atom stereocenters. The van der Waals surface area contributed by atoms with Gasteiger partial charge in [0.2, 0.25) is 0 Å². The Kier molecular flexibility index (Phi) is 20.9. The molecule has 2 N–H and O–H groups in total. The largest absolute Gasteiger partial charge is 6.00 e. The van der Waals surface area contributed by atoms with Gasteiger partial charge in [-0.15, -0.1) is 26.2 Å². The molecule has 0 spiro atoms. The van der Waals surface area contributed by atoms with E-state index in [1.807, 2.05) is 0 Å². The summed E-state index contributed by atoms with van der Waals surface area (Å²) in [6, 6.07) is 2.39. The SMILES string of the molecule is C1CCC(C2CCCC[N-]2)[N-]C1.C1CCC(C2CCCC[N-]2)[N-]C1.O.[Cl-].[Cl-].[Ru+6]. The topological polar surface area (TPSA) is 87.9 Å². The summed E-state index contributed by atoms with van der Waals surface area (Å²) in [5.74, 6) is 0. The number of piperidine rings is 4. The van der Waals surface area contributed by atoms with Crippen LogP contribution in [-0.2, 0) is 19.5 Å². The van der Waals surface area contributed by atoms with Crippen LogP contribution in [0.5, 0.6) is 0 Å². The van der Waals surface area contributed by atoms with Gasteiger partial charge in [0.05, 0.1) is 0 Å². The van der Waals surface area contributed by atoms with Crippen molar-refractivity contribution < 1.29 is 49.8 Å². The molecule has 28 heavy (non-hydrogen) atoms. The molecule has 166 valence electrons. The number of halogens is 2. The van der Waals surface area contributed by atoms with E-state index in [0.717, 1.165) is 26.2 Å². The van der Waals surface area contributed by atoms with Gasteiger partial charge in [0.25, 0.3) is 0 Å². The molecule has 4 rings (SSSR count). The van der Waals surface area contributed by atoms with Crippen LogP contribution in [0.15, 0.2) is 0 Å². The third kappa shape index (κ3) is 10.9. The second-order valence-corrected chi connectivity index (χ2v) is 7.88. The van der Waals surface area contributed by atoms with E-state index in [1.54, 1.807) is 0 Å². The van der Waals surface area contributed by atoms with Crippen molar-refractivity contribution in [1.82, 2.24) is 0 Å². The van der Waals surface area contributed by atoms with Crippen LogP contribution in [0.3, 0.4) is 0 Å². The average Bonchev–Trinajstić information content (AvgIpc) is 2.71. The van der Waals surface area contributed by atoms with Gasteiger partial charge in [0.15, 0.2) is 0 Å². The van der Waals surface area contributed by atoms with Gasteiger partial charge in [-0.2, -0.15) is 24.2 Å². The predicted molar refractivity (Wildman–Crippen MR) is 107 cm³/mol. The first-order valence-corrected chi connectivity index (χ1v) is 10.6. The Balaban J connectivity index is 0. The summed E-state index contributed by atoms with van der Waals surface area (Å²) < 4.78 is 0. The fraction of sp³-hybridized carbons (Fsp3) is 1.00. The summed E-state index contributed by atoms with van der Waals surface area (Å²) in [5.41, 5.74) is 0.